The van der Waals surface area contributed by atoms with Crippen LogP contribution in [0, 0.1) is 0 Å². The number of nitrogens with zero attached hydrogens (tertiary/aromatic N) is 2. The monoisotopic (exact) mass is 329 g/mol. The molecule has 0 aliphatic rings. The van der Waals surface area contributed by atoms with Gasteiger partial charge in [-0.25, -0.2) is 4.98 Å². The predicted molar refractivity (Wildman–Crippen MR) is 83.7 cm³/mol. The van der Waals surface area contributed by atoms with Crippen molar-refractivity contribution in [2.24, 2.45) is 0 Å². The number of halogens is 1. The van der Waals surface area contributed by atoms with Gasteiger partial charge in [-0.2, -0.15) is 0 Å². The van der Waals surface area contributed by atoms with Crippen LogP contribution in [-0.4, -0.2) is 9.55 Å². The number of nitrogens with two attached hydrogens (primary N) is 1. The van der Waals surface area contributed by atoms with Crippen LogP contribution in [0.15, 0.2) is 58.1 Å². The fourth-order valence-electron chi connectivity index (χ4n) is 2.08. The number of anilines is 1. The number of aromatic nitrogens is 2. The summed E-state index contributed by atoms with van der Waals surface area (Å²) in [5.41, 5.74) is 7.93. The molecule has 100 valence electrons. The van der Waals surface area contributed by atoms with Gasteiger partial charge in [-0.15, -0.1) is 0 Å². The largest absolute Gasteiger partial charge is 0.399 e. The van der Waals surface area contributed by atoms with E-state index < -0.39 is 0 Å². The molecule has 0 amide bonds. The molecule has 4 nitrogen and oxygen atoms in total. The van der Waals surface area contributed by atoms with E-state index in [1.54, 1.807) is 29.1 Å². The van der Waals surface area contributed by atoms with E-state index in [0.29, 0.717) is 23.1 Å². The highest BCUT2D eigenvalue weighted by molar-refractivity contribution is 9.10. The van der Waals surface area contributed by atoms with Crippen LogP contribution >= 0.6 is 15.9 Å². The summed E-state index contributed by atoms with van der Waals surface area (Å²) in [7, 11) is 0. The molecular weight excluding hydrogens is 318 g/mol. The van der Waals surface area contributed by atoms with Gasteiger partial charge in [0.1, 0.15) is 0 Å². The smallest absolute Gasteiger partial charge is 0.261 e. The molecule has 3 rings (SSSR count). The zero-order chi connectivity index (χ0) is 14.1. The fourth-order valence-corrected chi connectivity index (χ4v) is 2.34. The van der Waals surface area contributed by atoms with E-state index in [-0.39, 0.29) is 5.56 Å². The Morgan fingerprint density at radius 2 is 1.90 bits per heavy atom. The number of hydrogen-bond donors (Lipinski definition) is 1. The first-order valence-electron chi connectivity index (χ1n) is 6.12. The molecule has 2 N–H and O–H groups in total. The highest BCUT2D eigenvalue weighted by atomic mass is 79.9. The van der Waals surface area contributed by atoms with Crippen molar-refractivity contribution >= 4 is 32.5 Å². The molecule has 0 spiro atoms. The van der Waals surface area contributed by atoms with Crippen molar-refractivity contribution in [1.29, 1.82) is 0 Å². The standard InChI is InChI=1S/C15H12BrN3O/c16-11-3-1-10(2-4-11)8-19-9-18-14-6-5-12(17)7-13(14)15(19)20/h1-7,9H,8,17H2. The first kappa shape index (κ1) is 12.9. The second-order valence-corrected chi connectivity index (χ2v) is 5.50. The highest BCUT2D eigenvalue weighted by Crippen LogP contribution is 2.13. The van der Waals surface area contributed by atoms with Crippen LogP contribution in [0.2, 0.25) is 0 Å². The van der Waals surface area contributed by atoms with E-state index in [0.717, 1.165) is 10.0 Å². The molecule has 20 heavy (non-hydrogen) atoms. The third-order valence-corrected chi connectivity index (χ3v) is 3.64. The maximum atomic E-state index is 12.4. The molecule has 1 heterocycles. The van der Waals surface area contributed by atoms with Gasteiger partial charge < -0.3 is 5.73 Å². The summed E-state index contributed by atoms with van der Waals surface area (Å²) in [4.78, 5) is 16.7. The molecule has 0 atom stereocenters. The topological polar surface area (TPSA) is 60.9 Å². The Morgan fingerprint density at radius 3 is 2.65 bits per heavy atom. The summed E-state index contributed by atoms with van der Waals surface area (Å²) in [5, 5.41) is 0.546. The third kappa shape index (κ3) is 2.44. The summed E-state index contributed by atoms with van der Waals surface area (Å²) in [6, 6.07) is 13.0. The molecular formula is C15H12BrN3O. The average molecular weight is 330 g/mol. The Kier molecular flexibility index (Phi) is 3.28. The van der Waals surface area contributed by atoms with Crippen molar-refractivity contribution in [2.45, 2.75) is 6.54 Å². The minimum absolute atomic E-state index is 0.0785. The SMILES string of the molecule is Nc1ccc2ncn(Cc3ccc(Br)cc3)c(=O)c2c1. The van der Waals surface area contributed by atoms with Crippen LogP contribution in [0.25, 0.3) is 10.9 Å². The molecule has 5 heteroatoms. The van der Waals surface area contributed by atoms with Crippen molar-refractivity contribution < 1.29 is 0 Å². The molecule has 0 aliphatic carbocycles. The number of nitrogen functional groups attached to an aromatic ring is 1. The number of benzene rings is 2. The summed E-state index contributed by atoms with van der Waals surface area (Å²) in [6.07, 6.45) is 1.57. The third-order valence-electron chi connectivity index (χ3n) is 3.11. The van der Waals surface area contributed by atoms with E-state index in [4.69, 9.17) is 5.73 Å². The Morgan fingerprint density at radius 1 is 1.15 bits per heavy atom. The lowest BCUT2D eigenvalue weighted by atomic mass is 10.2. The lowest BCUT2D eigenvalue weighted by molar-refractivity contribution is 0.748. The van der Waals surface area contributed by atoms with Crippen molar-refractivity contribution in [2.75, 3.05) is 5.73 Å². The zero-order valence-corrected chi connectivity index (χ0v) is 12.2. The lowest BCUT2D eigenvalue weighted by Gasteiger charge is -2.07. The molecule has 0 unspecified atom stereocenters. The number of fused-ring (bicyclic) bond motifs is 1. The highest BCUT2D eigenvalue weighted by Gasteiger charge is 2.05. The van der Waals surface area contributed by atoms with Gasteiger partial charge in [0.05, 0.1) is 23.8 Å². The number of rotatable bonds is 2. The average Bonchev–Trinajstić information content (AvgIpc) is 2.45. The zero-order valence-electron chi connectivity index (χ0n) is 10.6. The molecule has 0 radical (unpaired) electrons. The van der Waals surface area contributed by atoms with Crippen molar-refractivity contribution in [3.63, 3.8) is 0 Å². The first-order chi connectivity index (χ1) is 9.63. The van der Waals surface area contributed by atoms with Crippen LogP contribution in [0.5, 0.6) is 0 Å². The van der Waals surface area contributed by atoms with Gasteiger partial charge in [-0.1, -0.05) is 28.1 Å². The second-order valence-electron chi connectivity index (χ2n) is 4.58. The summed E-state index contributed by atoms with van der Waals surface area (Å²) < 4.78 is 2.60. The second kappa shape index (κ2) is 5.09. The van der Waals surface area contributed by atoms with Gasteiger partial charge in [-0.05, 0) is 35.9 Å². The van der Waals surface area contributed by atoms with Gasteiger partial charge in [0.15, 0.2) is 0 Å². The van der Waals surface area contributed by atoms with E-state index >= 15 is 0 Å². The van der Waals surface area contributed by atoms with E-state index in [1.807, 2.05) is 24.3 Å². The van der Waals surface area contributed by atoms with Gasteiger partial charge in [0, 0.05) is 10.2 Å². The Bertz CT molecular complexity index is 825. The fraction of sp³-hybridized carbons (Fsp3) is 0.0667. The van der Waals surface area contributed by atoms with Crippen LogP contribution in [0.4, 0.5) is 5.69 Å². The van der Waals surface area contributed by atoms with E-state index in [9.17, 15) is 4.79 Å². The van der Waals surface area contributed by atoms with E-state index in [2.05, 4.69) is 20.9 Å². The minimum Gasteiger partial charge on any atom is -0.399 e. The van der Waals surface area contributed by atoms with Gasteiger partial charge in [-0.3, -0.25) is 9.36 Å². The molecule has 3 aromatic rings. The predicted octanol–water partition coefficient (Wildman–Crippen LogP) is 2.79. The summed E-state index contributed by atoms with van der Waals surface area (Å²) in [5.74, 6) is 0. The van der Waals surface area contributed by atoms with Gasteiger partial charge >= 0.3 is 0 Å². The van der Waals surface area contributed by atoms with Crippen molar-refractivity contribution in [1.82, 2.24) is 9.55 Å². The normalized spacial score (nSPS) is 10.8. The van der Waals surface area contributed by atoms with Gasteiger partial charge in [0.25, 0.3) is 5.56 Å². The van der Waals surface area contributed by atoms with E-state index in [1.165, 1.54) is 0 Å². The Hall–Kier alpha value is -2.14. The first-order valence-corrected chi connectivity index (χ1v) is 6.92. The molecule has 0 aliphatic heterocycles. The molecule has 1 aromatic heterocycles. The maximum absolute atomic E-state index is 12.4. The van der Waals surface area contributed by atoms with Crippen LogP contribution in [0.3, 0.4) is 0 Å². The molecule has 0 fully saturated rings. The molecule has 0 bridgehead atoms. The summed E-state index contributed by atoms with van der Waals surface area (Å²) in [6.45, 7) is 0.490. The number of hydrogen-bond acceptors (Lipinski definition) is 3. The minimum atomic E-state index is -0.0785. The molecule has 2 aromatic carbocycles. The van der Waals surface area contributed by atoms with Crippen molar-refractivity contribution in [3.8, 4) is 0 Å². The Labute approximate surface area is 124 Å². The van der Waals surface area contributed by atoms with Crippen LogP contribution < -0.4 is 11.3 Å². The molecule has 0 saturated carbocycles. The summed E-state index contributed by atoms with van der Waals surface area (Å²) >= 11 is 3.39. The van der Waals surface area contributed by atoms with Crippen molar-refractivity contribution in [3.05, 3.63) is 69.2 Å². The lowest BCUT2D eigenvalue weighted by Crippen LogP contribution is -2.21. The molecule has 0 saturated heterocycles. The quantitative estimate of drug-likeness (QED) is 0.735. The van der Waals surface area contributed by atoms with Crippen LogP contribution in [0.1, 0.15) is 5.56 Å². The Balaban J connectivity index is 2.06. The van der Waals surface area contributed by atoms with Crippen LogP contribution in [-0.2, 0) is 6.54 Å². The van der Waals surface area contributed by atoms with Gasteiger partial charge in [0.2, 0.25) is 0 Å². The maximum Gasteiger partial charge on any atom is 0.261 e.